The molecule has 1 amide bonds. The van der Waals surface area contributed by atoms with Gasteiger partial charge in [0.05, 0.1) is 18.0 Å². The van der Waals surface area contributed by atoms with E-state index in [1.54, 1.807) is 0 Å². The average Bonchev–Trinajstić information content (AvgIpc) is 2.58. The van der Waals surface area contributed by atoms with Crippen LogP contribution < -0.4 is 9.62 Å². The molecular formula is C23H32N2O3S. The lowest BCUT2D eigenvalue weighted by atomic mass is 10.00. The van der Waals surface area contributed by atoms with Gasteiger partial charge in [-0.2, -0.15) is 0 Å². The second-order valence-electron chi connectivity index (χ2n) is 7.93. The molecular weight excluding hydrogens is 384 g/mol. The quantitative estimate of drug-likeness (QED) is 0.696. The number of anilines is 1. The molecule has 0 bridgehead atoms. The van der Waals surface area contributed by atoms with E-state index in [9.17, 15) is 13.2 Å². The van der Waals surface area contributed by atoms with Crippen molar-refractivity contribution < 1.29 is 13.2 Å². The van der Waals surface area contributed by atoms with Crippen LogP contribution in [0.2, 0.25) is 0 Å². The zero-order valence-corrected chi connectivity index (χ0v) is 19.1. The van der Waals surface area contributed by atoms with Gasteiger partial charge >= 0.3 is 0 Å². The van der Waals surface area contributed by atoms with Crippen LogP contribution in [-0.4, -0.2) is 27.1 Å². The molecule has 1 atom stereocenters. The number of sulfonamides is 1. The van der Waals surface area contributed by atoms with Crippen molar-refractivity contribution in [3.63, 3.8) is 0 Å². The summed E-state index contributed by atoms with van der Waals surface area (Å²) in [6.07, 6.45) is 1.92. The standard InChI is InChI=1S/C23H32N2O3S/c1-16-9-10-19(4)22(15-16)20(5)24-23(26)8-7-11-25(29(6,27)28)21-13-17(2)12-18(3)14-21/h9-10,12-15,20H,7-8,11H2,1-6H3,(H,24,26)/t20-/m1/s1. The molecule has 0 aliphatic heterocycles. The van der Waals surface area contributed by atoms with Gasteiger partial charge in [0.1, 0.15) is 0 Å². The maximum Gasteiger partial charge on any atom is 0.232 e. The van der Waals surface area contributed by atoms with E-state index in [2.05, 4.69) is 23.5 Å². The van der Waals surface area contributed by atoms with Crippen LogP contribution >= 0.6 is 0 Å². The van der Waals surface area contributed by atoms with Gasteiger partial charge in [0.15, 0.2) is 0 Å². The fourth-order valence-corrected chi connectivity index (χ4v) is 4.53. The highest BCUT2D eigenvalue weighted by Gasteiger charge is 2.19. The summed E-state index contributed by atoms with van der Waals surface area (Å²) >= 11 is 0. The molecule has 1 N–H and O–H groups in total. The van der Waals surface area contributed by atoms with E-state index in [1.165, 1.54) is 10.6 Å². The van der Waals surface area contributed by atoms with Gasteiger partial charge in [-0.1, -0.05) is 29.8 Å². The first-order valence-corrected chi connectivity index (χ1v) is 11.7. The van der Waals surface area contributed by atoms with Crippen molar-refractivity contribution >= 4 is 21.6 Å². The average molecular weight is 417 g/mol. The first kappa shape index (κ1) is 22.9. The molecule has 2 aromatic carbocycles. The van der Waals surface area contributed by atoms with Crippen molar-refractivity contribution in [2.24, 2.45) is 0 Å². The number of nitrogens with one attached hydrogen (secondary N) is 1. The first-order valence-electron chi connectivity index (χ1n) is 9.90. The second-order valence-corrected chi connectivity index (χ2v) is 9.84. The van der Waals surface area contributed by atoms with Gasteiger partial charge in [0.25, 0.3) is 0 Å². The summed E-state index contributed by atoms with van der Waals surface area (Å²) in [5.41, 5.74) is 6.06. The van der Waals surface area contributed by atoms with Gasteiger partial charge in [-0.15, -0.1) is 0 Å². The molecule has 158 valence electrons. The van der Waals surface area contributed by atoms with Gasteiger partial charge in [0, 0.05) is 13.0 Å². The number of amides is 1. The SMILES string of the molecule is Cc1cc(C)cc(N(CCCC(=O)N[C@H](C)c2cc(C)ccc2C)S(C)(=O)=O)c1. The third-order valence-corrected chi connectivity index (χ3v) is 6.13. The number of carbonyl (C=O) groups is 1. The van der Waals surface area contributed by atoms with Crippen LogP contribution in [-0.2, 0) is 14.8 Å². The lowest BCUT2D eigenvalue weighted by molar-refractivity contribution is -0.121. The zero-order valence-electron chi connectivity index (χ0n) is 18.2. The van der Waals surface area contributed by atoms with Crippen molar-refractivity contribution in [3.8, 4) is 0 Å². The Balaban J connectivity index is 2.00. The molecule has 0 saturated carbocycles. The molecule has 0 unspecified atom stereocenters. The van der Waals surface area contributed by atoms with Gasteiger partial charge in [-0.3, -0.25) is 9.10 Å². The molecule has 2 aromatic rings. The Bertz CT molecular complexity index is 963. The summed E-state index contributed by atoms with van der Waals surface area (Å²) in [5.74, 6) is -0.0766. The number of hydrogen-bond donors (Lipinski definition) is 1. The highest BCUT2D eigenvalue weighted by atomic mass is 32.2. The van der Waals surface area contributed by atoms with Crippen LogP contribution in [0.3, 0.4) is 0 Å². The minimum atomic E-state index is -3.42. The minimum Gasteiger partial charge on any atom is -0.350 e. The van der Waals surface area contributed by atoms with E-state index in [4.69, 9.17) is 0 Å². The summed E-state index contributed by atoms with van der Waals surface area (Å²) in [4.78, 5) is 12.4. The normalized spacial score (nSPS) is 12.5. The molecule has 0 aromatic heterocycles. The summed E-state index contributed by atoms with van der Waals surface area (Å²) < 4.78 is 26.0. The summed E-state index contributed by atoms with van der Waals surface area (Å²) in [7, 11) is -3.42. The Morgan fingerprint density at radius 2 is 1.62 bits per heavy atom. The third kappa shape index (κ3) is 6.60. The number of rotatable bonds is 8. The predicted molar refractivity (Wildman–Crippen MR) is 120 cm³/mol. The number of hydrogen-bond acceptors (Lipinski definition) is 3. The third-order valence-electron chi connectivity index (χ3n) is 4.94. The molecule has 0 aliphatic rings. The van der Waals surface area contributed by atoms with Crippen LogP contribution in [0.15, 0.2) is 36.4 Å². The molecule has 2 rings (SSSR count). The van der Waals surface area contributed by atoms with Crippen LogP contribution in [0.5, 0.6) is 0 Å². The lowest BCUT2D eigenvalue weighted by Gasteiger charge is -2.23. The van der Waals surface area contributed by atoms with Crippen molar-refractivity contribution in [1.82, 2.24) is 5.32 Å². The Labute approximate surface area is 175 Å². The maximum absolute atomic E-state index is 12.4. The fourth-order valence-electron chi connectivity index (χ4n) is 3.58. The number of nitrogens with zero attached hydrogens (tertiary/aromatic N) is 1. The Morgan fingerprint density at radius 3 is 2.21 bits per heavy atom. The summed E-state index contributed by atoms with van der Waals surface area (Å²) in [5, 5.41) is 3.03. The molecule has 0 saturated heterocycles. The minimum absolute atomic E-state index is 0.0766. The van der Waals surface area contributed by atoms with Crippen LogP contribution in [0, 0.1) is 27.7 Å². The zero-order chi connectivity index (χ0) is 21.8. The largest absolute Gasteiger partial charge is 0.350 e. The predicted octanol–water partition coefficient (Wildman–Crippen LogP) is 4.34. The van der Waals surface area contributed by atoms with E-state index < -0.39 is 10.0 Å². The second kappa shape index (κ2) is 9.44. The first-order chi connectivity index (χ1) is 13.5. The molecule has 0 heterocycles. The van der Waals surface area contributed by atoms with Gasteiger partial charge in [0.2, 0.25) is 15.9 Å². The molecule has 5 nitrogen and oxygen atoms in total. The van der Waals surface area contributed by atoms with E-state index >= 15 is 0 Å². The summed E-state index contributed by atoms with van der Waals surface area (Å²) in [6, 6.07) is 11.8. The van der Waals surface area contributed by atoms with Gasteiger partial charge in [-0.05, 0) is 75.4 Å². The molecule has 0 aliphatic carbocycles. The van der Waals surface area contributed by atoms with E-state index in [1.807, 2.05) is 52.8 Å². The van der Waals surface area contributed by atoms with E-state index in [-0.39, 0.29) is 24.9 Å². The van der Waals surface area contributed by atoms with Crippen molar-refractivity contribution in [3.05, 3.63) is 64.2 Å². The van der Waals surface area contributed by atoms with Gasteiger partial charge < -0.3 is 5.32 Å². The maximum atomic E-state index is 12.4. The number of benzene rings is 2. The highest BCUT2D eigenvalue weighted by Crippen LogP contribution is 2.22. The molecule has 0 radical (unpaired) electrons. The van der Waals surface area contributed by atoms with Crippen molar-refractivity contribution in [2.45, 2.75) is 53.5 Å². The topological polar surface area (TPSA) is 66.5 Å². The van der Waals surface area contributed by atoms with Crippen LogP contribution in [0.4, 0.5) is 5.69 Å². The highest BCUT2D eigenvalue weighted by molar-refractivity contribution is 7.92. The molecule has 6 heteroatoms. The van der Waals surface area contributed by atoms with E-state index in [0.29, 0.717) is 12.1 Å². The van der Waals surface area contributed by atoms with E-state index in [0.717, 1.165) is 27.8 Å². The Kier molecular flexibility index (Phi) is 7.47. The monoisotopic (exact) mass is 416 g/mol. The molecule has 0 fully saturated rings. The Hall–Kier alpha value is -2.34. The smallest absolute Gasteiger partial charge is 0.232 e. The summed E-state index contributed by atoms with van der Waals surface area (Å²) in [6.45, 7) is 10.2. The van der Waals surface area contributed by atoms with Crippen LogP contribution in [0.25, 0.3) is 0 Å². The van der Waals surface area contributed by atoms with Gasteiger partial charge in [-0.25, -0.2) is 8.42 Å². The van der Waals surface area contributed by atoms with Crippen molar-refractivity contribution in [2.75, 3.05) is 17.1 Å². The lowest BCUT2D eigenvalue weighted by Crippen LogP contribution is -2.32. The number of carbonyl (C=O) groups excluding carboxylic acids is 1. The number of aryl methyl sites for hydroxylation is 4. The molecule has 0 spiro atoms. The van der Waals surface area contributed by atoms with Crippen LogP contribution in [0.1, 0.15) is 53.6 Å². The Morgan fingerprint density at radius 1 is 1.00 bits per heavy atom. The fraction of sp³-hybridized carbons (Fsp3) is 0.435. The molecule has 29 heavy (non-hydrogen) atoms. The van der Waals surface area contributed by atoms with Crippen molar-refractivity contribution in [1.29, 1.82) is 0 Å².